The third-order valence-corrected chi connectivity index (χ3v) is 2.91. The second kappa shape index (κ2) is 6.67. The number of hydrogen-bond donors (Lipinski definition) is 0. The van der Waals surface area contributed by atoms with Gasteiger partial charge in [0.05, 0.1) is 0 Å². The minimum Gasteiger partial charge on any atom is -0.420 e. The first kappa shape index (κ1) is 16.4. The Bertz CT molecular complexity index is 508. The van der Waals surface area contributed by atoms with Gasteiger partial charge in [0.25, 0.3) is 0 Å². The van der Waals surface area contributed by atoms with Crippen LogP contribution < -0.4 is 0 Å². The molecule has 0 fully saturated rings. The largest absolute Gasteiger partial charge is 0.420 e. The summed E-state index contributed by atoms with van der Waals surface area (Å²) < 4.78 is 9.33. The van der Waals surface area contributed by atoms with Crippen LogP contribution >= 0.6 is 23.2 Å². The highest BCUT2D eigenvalue weighted by Gasteiger charge is 2.37. The monoisotopic (exact) mass is 320 g/mol. The maximum Gasteiger partial charge on any atom is 0.311 e. The van der Waals surface area contributed by atoms with Gasteiger partial charge in [0, 0.05) is 12.8 Å². The summed E-state index contributed by atoms with van der Waals surface area (Å²) in [5, 5.41) is -1.31. The molecule has 6 nitrogen and oxygen atoms in total. The fourth-order valence-electron chi connectivity index (χ4n) is 1.16. The summed E-state index contributed by atoms with van der Waals surface area (Å²) in [5.74, 6) is -4.81. The second-order valence-electron chi connectivity index (χ2n) is 3.60. The molecule has 108 valence electrons. The molecular formula is C12H10Cl2O6. The fourth-order valence-corrected chi connectivity index (χ4v) is 1.58. The Kier molecular flexibility index (Phi) is 5.47. The number of allylic oxidation sites excluding steroid dienone is 2. The Labute approximate surface area is 124 Å². The van der Waals surface area contributed by atoms with Crippen molar-refractivity contribution in [1.29, 1.82) is 0 Å². The molecule has 0 unspecified atom stereocenters. The van der Waals surface area contributed by atoms with Gasteiger partial charge in [-0.05, 0) is 0 Å². The Morgan fingerprint density at radius 1 is 0.850 bits per heavy atom. The van der Waals surface area contributed by atoms with Crippen LogP contribution in [0.2, 0.25) is 0 Å². The number of carbonyl (C=O) groups is 4. The van der Waals surface area contributed by atoms with Crippen LogP contribution in [0, 0.1) is 0 Å². The van der Waals surface area contributed by atoms with E-state index in [0.29, 0.717) is 0 Å². The summed E-state index contributed by atoms with van der Waals surface area (Å²) in [6.45, 7) is 3.00. The number of rotatable bonds is 4. The topological polar surface area (TPSA) is 86.7 Å². The van der Waals surface area contributed by atoms with E-state index in [1.807, 2.05) is 0 Å². The molecule has 0 aliphatic heterocycles. The highest BCUT2D eigenvalue weighted by Crippen LogP contribution is 2.31. The van der Waals surface area contributed by atoms with Gasteiger partial charge < -0.3 is 9.47 Å². The van der Waals surface area contributed by atoms with Crippen molar-refractivity contribution in [3.8, 4) is 0 Å². The highest BCUT2D eigenvalue weighted by molar-refractivity contribution is 6.55. The zero-order valence-corrected chi connectivity index (χ0v) is 12.1. The summed E-state index contributed by atoms with van der Waals surface area (Å²) in [7, 11) is 0. The minimum absolute atomic E-state index is 0.0197. The summed E-state index contributed by atoms with van der Waals surface area (Å²) in [4.78, 5) is 46.1. The summed E-state index contributed by atoms with van der Waals surface area (Å²) >= 11 is 11.3. The lowest BCUT2D eigenvalue weighted by molar-refractivity contribution is -0.144. The molecule has 1 rings (SSSR count). The fraction of sp³-hybridized carbons (Fsp3) is 0.333. The van der Waals surface area contributed by atoms with Crippen LogP contribution in [0.5, 0.6) is 0 Å². The van der Waals surface area contributed by atoms with Crippen molar-refractivity contribution in [2.45, 2.75) is 26.7 Å². The van der Waals surface area contributed by atoms with E-state index in [0.717, 1.165) is 0 Å². The SMILES string of the molecule is CCC(=O)OC1=C(Cl)C(=O)C(OC(=O)CC)=C(Cl)C1=O. The third-order valence-electron chi connectivity index (χ3n) is 2.22. The maximum atomic E-state index is 11.9. The molecular weight excluding hydrogens is 311 g/mol. The van der Waals surface area contributed by atoms with E-state index in [1.54, 1.807) is 0 Å². The van der Waals surface area contributed by atoms with Gasteiger partial charge in [-0.1, -0.05) is 37.0 Å². The molecule has 1 aliphatic carbocycles. The van der Waals surface area contributed by atoms with Crippen LogP contribution in [0.1, 0.15) is 26.7 Å². The van der Waals surface area contributed by atoms with Crippen LogP contribution in [0.3, 0.4) is 0 Å². The molecule has 0 bridgehead atoms. The van der Waals surface area contributed by atoms with Crippen molar-refractivity contribution in [1.82, 2.24) is 0 Å². The lowest BCUT2D eigenvalue weighted by atomic mass is 10.1. The number of carbonyl (C=O) groups excluding carboxylic acids is 4. The zero-order chi connectivity index (χ0) is 15.4. The van der Waals surface area contributed by atoms with Crippen LogP contribution in [0.25, 0.3) is 0 Å². The Hall–Kier alpha value is -1.66. The first-order valence-corrected chi connectivity index (χ1v) is 6.39. The predicted molar refractivity (Wildman–Crippen MR) is 68.5 cm³/mol. The molecule has 0 heterocycles. The quantitative estimate of drug-likeness (QED) is 0.581. The van der Waals surface area contributed by atoms with Crippen LogP contribution in [0.15, 0.2) is 21.6 Å². The predicted octanol–water partition coefficient (Wildman–Crippen LogP) is 1.95. The van der Waals surface area contributed by atoms with Gasteiger partial charge in [0.1, 0.15) is 10.1 Å². The van der Waals surface area contributed by atoms with E-state index < -0.39 is 45.1 Å². The van der Waals surface area contributed by atoms with Gasteiger partial charge in [0.15, 0.2) is 0 Å². The zero-order valence-electron chi connectivity index (χ0n) is 10.6. The minimum atomic E-state index is -0.989. The maximum absolute atomic E-state index is 11.9. The number of hydrogen-bond acceptors (Lipinski definition) is 6. The van der Waals surface area contributed by atoms with E-state index in [1.165, 1.54) is 13.8 Å². The Morgan fingerprint density at radius 2 is 1.15 bits per heavy atom. The van der Waals surface area contributed by atoms with E-state index in [9.17, 15) is 19.2 Å². The number of ketones is 2. The van der Waals surface area contributed by atoms with Crippen molar-refractivity contribution in [2.24, 2.45) is 0 Å². The molecule has 0 saturated heterocycles. The number of Topliss-reactive ketones (excluding diaryl/α,β-unsaturated/α-hetero) is 2. The van der Waals surface area contributed by atoms with E-state index in [2.05, 4.69) is 9.47 Å². The lowest BCUT2D eigenvalue weighted by Crippen LogP contribution is -2.25. The highest BCUT2D eigenvalue weighted by atomic mass is 35.5. The third kappa shape index (κ3) is 3.26. The molecule has 8 heteroatoms. The lowest BCUT2D eigenvalue weighted by Gasteiger charge is -2.16. The molecule has 20 heavy (non-hydrogen) atoms. The summed E-state index contributed by atoms with van der Waals surface area (Å²) in [6, 6.07) is 0. The van der Waals surface area contributed by atoms with Crippen molar-refractivity contribution in [3.63, 3.8) is 0 Å². The van der Waals surface area contributed by atoms with Crippen LogP contribution in [-0.4, -0.2) is 23.5 Å². The van der Waals surface area contributed by atoms with Crippen molar-refractivity contribution >= 4 is 46.7 Å². The van der Waals surface area contributed by atoms with E-state index in [4.69, 9.17) is 23.2 Å². The van der Waals surface area contributed by atoms with Gasteiger partial charge >= 0.3 is 11.9 Å². The molecule has 0 amide bonds. The average molecular weight is 321 g/mol. The number of halogens is 2. The van der Waals surface area contributed by atoms with Gasteiger partial charge in [-0.15, -0.1) is 0 Å². The molecule has 1 aliphatic rings. The number of esters is 2. The molecule has 0 spiro atoms. The van der Waals surface area contributed by atoms with Crippen LogP contribution in [0.4, 0.5) is 0 Å². The first-order chi connectivity index (χ1) is 9.33. The summed E-state index contributed by atoms with van der Waals surface area (Å²) in [5.41, 5.74) is 0. The molecule has 0 aromatic heterocycles. The van der Waals surface area contributed by atoms with Gasteiger partial charge in [0.2, 0.25) is 23.1 Å². The molecule has 0 N–H and O–H groups in total. The van der Waals surface area contributed by atoms with E-state index >= 15 is 0 Å². The van der Waals surface area contributed by atoms with Gasteiger partial charge in [-0.25, -0.2) is 0 Å². The Balaban J connectivity index is 3.14. The average Bonchev–Trinajstić information content (AvgIpc) is 2.45. The molecule has 0 saturated carbocycles. The van der Waals surface area contributed by atoms with Crippen molar-refractivity contribution in [3.05, 3.63) is 21.6 Å². The smallest absolute Gasteiger partial charge is 0.311 e. The van der Waals surface area contributed by atoms with Crippen molar-refractivity contribution in [2.75, 3.05) is 0 Å². The van der Waals surface area contributed by atoms with Gasteiger partial charge in [-0.2, -0.15) is 0 Å². The van der Waals surface area contributed by atoms with Crippen molar-refractivity contribution < 1.29 is 28.7 Å². The standard InChI is InChI=1S/C12H10Cl2O6/c1-3-5(15)19-11-7(13)10(18)12(8(14)9(11)17)20-6(16)4-2/h3-4H2,1-2H3. The van der Waals surface area contributed by atoms with E-state index in [-0.39, 0.29) is 12.8 Å². The number of ether oxygens (including phenoxy) is 2. The molecule has 0 atom stereocenters. The van der Waals surface area contributed by atoms with Crippen LogP contribution in [-0.2, 0) is 28.7 Å². The van der Waals surface area contributed by atoms with Gasteiger partial charge in [-0.3, -0.25) is 19.2 Å². The first-order valence-electron chi connectivity index (χ1n) is 5.63. The molecule has 0 aromatic rings. The second-order valence-corrected chi connectivity index (χ2v) is 4.36. The molecule has 0 aromatic carbocycles. The Morgan fingerprint density at radius 3 is 1.40 bits per heavy atom. The molecule has 0 radical (unpaired) electrons. The normalized spacial score (nSPS) is 15.6. The summed E-state index contributed by atoms with van der Waals surface area (Å²) in [6.07, 6.45) is -0.0394.